The zero-order valence-corrected chi connectivity index (χ0v) is 13.2. The third-order valence-corrected chi connectivity index (χ3v) is 5.62. The molecule has 5 nitrogen and oxygen atoms in total. The van der Waals surface area contributed by atoms with Gasteiger partial charge in [0.25, 0.3) is 0 Å². The van der Waals surface area contributed by atoms with E-state index in [-0.39, 0.29) is 23.9 Å². The smallest absolute Gasteiger partial charge is 0.246 e. The molecule has 0 N–H and O–H groups in total. The van der Waals surface area contributed by atoms with Gasteiger partial charge >= 0.3 is 0 Å². The lowest BCUT2D eigenvalue weighted by Crippen LogP contribution is -2.50. The summed E-state index contributed by atoms with van der Waals surface area (Å²) in [6.45, 7) is 2.45. The topological polar surface area (TPSA) is 57.7 Å². The molecule has 1 heterocycles. The first-order valence-electron chi connectivity index (χ1n) is 6.03. The van der Waals surface area contributed by atoms with Crippen LogP contribution >= 0.6 is 15.9 Å². The Morgan fingerprint density at radius 1 is 1.25 bits per heavy atom. The molecular formula is C12H14BrFN2O3S. The predicted octanol–water partition coefficient (Wildman–Crippen LogP) is 1.44. The maximum absolute atomic E-state index is 13.8. The van der Waals surface area contributed by atoms with Crippen LogP contribution in [0.15, 0.2) is 27.6 Å². The highest BCUT2D eigenvalue weighted by atomic mass is 79.9. The van der Waals surface area contributed by atoms with Gasteiger partial charge in [-0.25, -0.2) is 12.8 Å². The lowest BCUT2D eigenvalue weighted by atomic mass is 10.3. The maximum atomic E-state index is 13.8. The molecule has 1 aliphatic rings. The summed E-state index contributed by atoms with van der Waals surface area (Å²) < 4.78 is 40.2. The van der Waals surface area contributed by atoms with Crippen molar-refractivity contribution in [1.29, 1.82) is 0 Å². The molecule has 0 saturated carbocycles. The van der Waals surface area contributed by atoms with Crippen LogP contribution in [0.2, 0.25) is 0 Å². The molecule has 0 aliphatic carbocycles. The quantitative estimate of drug-likeness (QED) is 0.797. The number of rotatable bonds is 2. The van der Waals surface area contributed by atoms with Crippen LogP contribution in [0.5, 0.6) is 0 Å². The average Bonchev–Trinajstić information content (AvgIpc) is 2.38. The van der Waals surface area contributed by atoms with Crippen LogP contribution < -0.4 is 0 Å². The fourth-order valence-electron chi connectivity index (χ4n) is 2.07. The summed E-state index contributed by atoms with van der Waals surface area (Å²) in [7, 11) is -3.86. The Kier molecular flexibility index (Phi) is 4.46. The number of nitrogens with zero attached hydrogens (tertiary/aromatic N) is 2. The Morgan fingerprint density at radius 3 is 2.35 bits per heavy atom. The van der Waals surface area contributed by atoms with Crippen molar-refractivity contribution in [2.45, 2.75) is 11.8 Å². The van der Waals surface area contributed by atoms with Gasteiger partial charge in [-0.15, -0.1) is 0 Å². The van der Waals surface area contributed by atoms with Gasteiger partial charge in [0.2, 0.25) is 15.9 Å². The minimum absolute atomic E-state index is 0.0862. The number of piperazine rings is 1. The Balaban J connectivity index is 2.22. The molecule has 1 amide bonds. The van der Waals surface area contributed by atoms with E-state index in [2.05, 4.69) is 15.9 Å². The van der Waals surface area contributed by atoms with E-state index in [9.17, 15) is 17.6 Å². The standard InChI is InChI=1S/C12H14BrFN2O3S/c1-9(17)15-4-6-16(7-5-15)20(18,19)12-3-2-10(13)8-11(12)14/h2-3,8H,4-7H2,1H3. The summed E-state index contributed by atoms with van der Waals surface area (Å²) >= 11 is 3.09. The van der Waals surface area contributed by atoms with Gasteiger partial charge in [-0.1, -0.05) is 15.9 Å². The molecule has 1 fully saturated rings. The molecule has 0 aromatic heterocycles. The summed E-state index contributed by atoms with van der Waals surface area (Å²) in [4.78, 5) is 12.4. The molecule has 1 saturated heterocycles. The summed E-state index contributed by atoms with van der Waals surface area (Å²) in [5.74, 6) is -0.870. The van der Waals surface area contributed by atoms with Crippen LogP contribution in [0.4, 0.5) is 4.39 Å². The molecule has 20 heavy (non-hydrogen) atoms. The fraction of sp³-hybridized carbons (Fsp3) is 0.417. The van der Waals surface area contributed by atoms with Crippen LogP contribution in [-0.4, -0.2) is 49.7 Å². The number of sulfonamides is 1. The van der Waals surface area contributed by atoms with Crippen molar-refractivity contribution in [3.8, 4) is 0 Å². The highest BCUT2D eigenvalue weighted by Crippen LogP contribution is 2.23. The Hall–Kier alpha value is -0.990. The Bertz CT molecular complexity index is 628. The zero-order valence-electron chi connectivity index (χ0n) is 10.8. The van der Waals surface area contributed by atoms with E-state index in [1.165, 1.54) is 23.4 Å². The van der Waals surface area contributed by atoms with Gasteiger partial charge in [0.15, 0.2) is 0 Å². The van der Waals surface area contributed by atoms with E-state index < -0.39 is 15.8 Å². The van der Waals surface area contributed by atoms with Gasteiger partial charge in [0.05, 0.1) is 0 Å². The molecule has 1 aliphatic heterocycles. The third-order valence-electron chi connectivity index (χ3n) is 3.20. The van der Waals surface area contributed by atoms with Crippen molar-refractivity contribution in [3.05, 3.63) is 28.5 Å². The van der Waals surface area contributed by atoms with Gasteiger partial charge in [0.1, 0.15) is 10.7 Å². The van der Waals surface area contributed by atoms with Gasteiger partial charge in [-0.3, -0.25) is 4.79 Å². The normalized spacial score (nSPS) is 17.2. The maximum Gasteiger partial charge on any atom is 0.246 e. The van der Waals surface area contributed by atoms with Gasteiger partial charge in [-0.05, 0) is 18.2 Å². The van der Waals surface area contributed by atoms with Crippen molar-refractivity contribution in [3.63, 3.8) is 0 Å². The molecule has 2 rings (SSSR count). The molecule has 8 heteroatoms. The lowest BCUT2D eigenvalue weighted by Gasteiger charge is -2.33. The minimum atomic E-state index is -3.86. The predicted molar refractivity (Wildman–Crippen MR) is 75.1 cm³/mol. The second-order valence-electron chi connectivity index (χ2n) is 4.48. The number of amides is 1. The monoisotopic (exact) mass is 364 g/mol. The average molecular weight is 365 g/mol. The molecule has 110 valence electrons. The minimum Gasteiger partial charge on any atom is -0.340 e. The second-order valence-corrected chi connectivity index (χ2v) is 7.31. The highest BCUT2D eigenvalue weighted by Gasteiger charge is 2.31. The third kappa shape index (κ3) is 3.02. The SMILES string of the molecule is CC(=O)N1CCN(S(=O)(=O)c2ccc(Br)cc2F)CC1. The first-order valence-corrected chi connectivity index (χ1v) is 8.26. The first-order chi connectivity index (χ1) is 9.32. The van der Waals surface area contributed by atoms with Crippen molar-refractivity contribution in [2.24, 2.45) is 0 Å². The molecular weight excluding hydrogens is 351 g/mol. The number of hydrogen-bond donors (Lipinski definition) is 0. The van der Waals surface area contributed by atoms with Crippen LogP contribution in [0.1, 0.15) is 6.92 Å². The van der Waals surface area contributed by atoms with E-state index in [0.717, 1.165) is 6.07 Å². The number of halogens is 2. The van der Waals surface area contributed by atoms with Crippen molar-refractivity contribution in [2.75, 3.05) is 26.2 Å². The number of carbonyl (C=O) groups excluding carboxylic acids is 1. The molecule has 0 bridgehead atoms. The summed E-state index contributed by atoms with van der Waals surface area (Å²) in [5.41, 5.74) is 0. The number of benzene rings is 1. The summed E-state index contributed by atoms with van der Waals surface area (Å²) in [6, 6.07) is 3.85. The van der Waals surface area contributed by atoms with Crippen molar-refractivity contribution >= 4 is 31.9 Å². The van der Waals surface area contributed by atoms with Gasteiger partial charge in [0, 0.05) is 37.6 Å². The van der Waals surface area contributed by atoms with Crippen LogP contribution in [-0.2, 0) is 14.8 Å². The molecule has 1 aromatic carbocycles. The number of carbonyl (C=O) groups is 1. The Morgan fingerprint density at radius 2 is 1.85 bits per heavy atom. The first kappa shape index (κ1) is 15.4. The van der Waals surface area contributed by atoms with E-state index in [1.807, 2.05) is 0 Å². The molecule has 0 atom stereocenters. The van der Waals surface area contributed by atoms with E-state index >= 15 is 0 Å². The molecule has 0 radical (unpaired) electrons. The largest absolute Gasteiger partial charge is 0.340 e. The zero-order chi connectivity index (χ0) is 14.9. The van der Waals surface area contributed by atoms with E-state index in [0.29, 0.717) is 17.6 Å². The van der Waals surface area contributed by atoms with E-state index in [1.54, 1.807) is 4.90 Å². The van der Waals surface area contributed by atoms with Gasteiger partial charge in [-0.2, -0.15) is 4.31 Å². The van der Waals surface area contributed by atoms with Crippen molar-refractivity contribution < 1.29 is 17.6 Å². The molecule has 0 spiro atoms. The van der Waals surface area contributed by atoms with Crippen LogP contribution in [0, 0.1) is 5.82 Å². The lowest BCUT2D eigenvalue weighted by molar-refractivity contribution is -0.129. The molecule has 0 unspecified atom stereocenters. The van der Waals surface area contributed by atoms with Gasteiger partial charge < -0.3 is 4.90 Å². The van der Waals surface area contributed by atoms with E-state index in [4.69, 9.17) is 0 Å². The molecule has 1 aromatic rings. The fourth-order valence-corrected chi connectivity index (χ4v) is 3.87. The summed E-state index contributed by atoms with van der Waals surface area (Å²) in [5, 5.41) is 0. The van der Waals surface area contributed by atoms with Crippen LogP contribution in [0.25, 0.3) is 0 Å². The number of hydrogen-bond acceptors (Lipinski definition) is 3. The second kappa shape index (κ2) is 5.79. The Labute approximate surface area is 125 Å². The summed E-state index contributed by atoms with van der Waals surface area (Å²) in [6.07, 6.45) is 0. The van der Waals surface area contributed by atoms with Crippen molar-refractivity contribution in [1.82, 2.24) is 9.21 Å². The van der Waals surface area contributed by atoms with Crippen LogP contribution in [0.3, 0.4) is 0 Å². The highest BCUT2D eigenvalue weighted by molar-refractivity contribution is 9.10.